The van der Waals surface area contributed by atoms with Gasteiger partial charge >= 0.3 is 0 Å². The molecule has 2 aromatic rings. The smallest absolute Gasteiger partial charge is 0.253 e. The molecule has 0 saturated carbocycles. The second-order valence-corrected chi connectivity index (χ2v) is 5.93. The van der Waals surface area contributed by atoms with Crippen molar-refractivity contribution in [1.29, 1.82) is 0 Å². The standard InChI is InChI=1S/C18H20N4O3/c1-13(23)20-15-6-4-14(5-7-15)18(24)22-11-8-16(9-12-22)25-17-3-2-10-19-21-17/h2-7,10,16H,8-9,11-12H2,1H3,(H,20,23). The van der Waals surface area contributed by atoms with Crippen molar-refractivity contribution >= 4 is 17.5 Å². The third-order valence-corrected chi connectivity index (χ3v) is 4.02. The lowest BCUT2D eigenvalue weighted by atomic mass is 10.1. The first-order valence-corrected chi connectivity index (χ1v) is 8.23. The predicted octanol–water partition coefficient (Wildman–Crippen LogP) is 2.12. The van der Waals surface area contributed by atoms with E-state index in [2.05, 4.69) is 15.5 Å². The van der Waals surface area contributed by atoms with E-state index in [1.165, 1.54) is 6.92 Å². The monoisotopic (exact) mass is 340 g/mol. The quantitative estimate of drug-likeness (QED) is 0.921. The van der Waals surface area contributed by atoms with Crippen LogP contribution in [0, 0.1) is 0 Å². The lowest BCUT2D eigenvalue weighted by Crippen LogP contribution is -2.41. The molecule has 1 N–H and O–H groups in total. The minimum absolute atomic E-state index is 0.00710. The third-order valence-electron chi connectivity index (χ3n) is 4.02. The van der Waals surface area contributed by atoms with Crippen molar-refractivity contribution in [2.75, 3.05) is 18.4 Å². The Morgan fingerprint density at radius 3 is 2.48 bits per heavy atom. The largest absolute Gasteiger partial charge is 0.473 e. The molecule has 0 bridgehead atoms. The first-order valence-electron chi connectivity index (χ1n) is 8.23. The Kier molecular flexibility index (Phi) is 5.23. The number of piperidine rings is 1. The van der Waals surface area contributed by atoms with Crippen LogP contribution in [0.15, 0.2) is 42.6 Å². The number of carbonyl (C=O) groups excluding carboxylic acids is 2. The SMILES string of the molecule is CC(=O)Nc1ccc(C(=O)N2CCC(Oc3cccnn3)CC2)cc1. The maximum Gasteiger partial charge on any atom is 0.253 e. The molecule has 0 aliphatic carbocycles. The summed E-state index contributed by atoms with van der Waals surface area (Å²) in [6.07, 6.45) is 3.16. The van der Waals surface area contributed by atoms with Gasteiger partial charge in [-0.3, -0.25) is 9.59 Å². The van der Waals surface area contributed by atoms with Gasteiger partial charge in [-0.1, -0.05) is 0 Å². The van der Waals surface area contributed by atoms with Gasteiger partial charge in [0.15, 0.2) is 0 Å². The fraction of sp³-hybridized carbons (Fsp3) is 0.333. The van der Waals surface area contributed by atoms with Gasteiger partial charge in [0.05, 0.1) is 0 Å². The van der Waals surface area contributed by atoms with Crippen LogP contribution in [0.25, 0.3) is 0 Å². The maximum absolute atomic E-state index is 12.6. The van der Waals surface area contributed by atoms with E-state index in [0.717, 1.165) is 12.8 Å². The summed E-state index contributed by atoms with van der Waals surface area (Å²) < 4.78 is 5.79. The Morgan fingerprint density at radius 1 is 1.16 bits per heavy atom. The van der Waals surface area contributed by atoms with E-state index >= 15 is 0 Å². The van der Waals surface area contributed by atoms with Gasteiger partial charge in [0.2, 0.25) is 11.8 Å². The molecule has 0 radical (unpaired) electrons. The second-order valence-electron chi connectivity index (χ2n) is 5.93. The molecule has 0 atom stereocenters. The molecule has 2 amide bonds. The molecule has 25 heavy (non-hydrogen) atoms. The zero-order valence-corrected chi connectivity index (χ0v) is 14.0. The molecule has 0 spiro atoms. The van der Waals surface area contributed by atoms with Crippen molar-refractivity contribution < 1.29 is 14.3 Å². The Hall–Kier alpha value is -2.96. The van der Waals surface area contributed by atoms with Crippen LogP contribution in [0.2, 0.25) is 0 Å². The van der Waals surface area contributed by atoms with E-state index < -0.39 is 0 Å². The molecule has 7 heteroatoms. The summed E-state index contributed by atoms with van der Waals surface area (Å²) in [6.45, 7) is 2.72. The van der Waals surface area contributed by atoms with Crippen molar-refractivity contribution in [2.45, 2.75) is 25.9 Å². The van der Waals surface area contributed by atoms with Gasteiger partial charge in [0.25, 0.3) is 5.91 Å². The van der Waals surface area contributed by atoms with Crippen LogP contribution >= 0.6 is 0 Å². The molecule has 1 saturated heterocycles. The fourth-order valence-corrected chi connectivity index (χ4v) is 2.78. The lowest BCUT2D eigenvalue weighted by molar-refractivity contribution is -0.114. The van der Waals surface area contributed by atoms with Gasteiger partial charge in [-0.25, -0.2) is 0 Å². The number of nitrogens with one attached hydrogen (secondary N) is 1. The Balaban J connectivity index is 1.53. The van der Waals surface area contributed by atoms with Gasteiger partial charge in [-0.15, -0.1) is 5.10 Å². The van der Waals surface area contributed by atoms with Gasteiger partial charge in [0.1, 0.15) is 6.10 Å². The van der Waals surface area contributed by atoms with Gasteiger partial charge in [0, 0.05) is 56.4 Å². The molecule has 7 nitrogen and oxygen atoms in total. The number of nitrogens with zero attached hydrogens (tertiary/aromatic N) is 3. The molecule has 3 rings (SSSR count). The van der Waals surface area contributed by atoms with Crippen LogP contribution in [0.3, 0.4) is 0 Å². The Bertz CT molecular complexity index is 726. The summed E-state index contributed by atoms with van der Waals surface area (Å²) in [4.78, 5) is 25.4. The summed E-state index contributed by atoms with van der Waals surface area (Å²) in [5, 5.41) is 10.4. The van der Waals surface area contributed by atoms with Crippen LogP contribution in [0.1, 0.15) is 30.1 Å². The molecule has 1 aliphatic heterocycles. The van der Waals surface area contributed by atoms with Crippen LogP contribution in [0.4, 0.5) is 5.69 Å². The molecule has 2 heterocycles. The second kappa shape index (κ2) is 7.74. The van der Waals surface area contributed by atoms with E-state index in [4.69, 9.17) is 4.74 Å². The summed E-state index contributed by atoms with van der Waals surface area (Å²) in [5.74, 6) is 0.373. The molecule has 130 valence electrons. The highest BCUT2D eigenvalue weighted by atomic mass is 16.5. The topological polar surface area (TPSA) is 84.4 Å². The zero-order valence-electron chi connectivity index (χ0n) is 14.0. The number of anilines is 1. The normalized spacial score (nSPS) is 14.8. The molecular weight excluding hydrogens is 320 g/mol. The molecule has 1 aromatic carbocycles. The van der Waals surface area contributed by atoms with Crippen molar-refractivity contribution in [2.24, 2.45) is 0 Å². The third kappa shape index (κ3) is 4.53. The van der Waals surface area contributed by atoms with Crippen molar-refractivity contribution in [3.05, 3.63) is 48.2 Å². The molecule has 0 unspecified atom stereocenters. The zero-order chi connectivity index (χ0) is 17.6. The molecule has 1 aliphatic rings. The first kappa shape index (κ1) is 16.9. The fourth-order valence-electron chi connectivity index (χ4n) is 2.78. The van der Waals surface area contributed by atoms with Crippen molar-refractivity contribution in [1.82, 2.24) is 15.1 Å². The van der Waals surface area contributed by atoms with Crippen LogP contribution in [-0.4, -0.2) is 46.1 Å². The first-order chi connectivity index (χ1) is 12.1. The van der Waals surface area contributed by atoms with Crippen LogP contribution < -0.4 is 10.1 Å². The highest BCUT2D eigenvalue weighted by Crippen LogP contribution is 2.19. The highest BCUT2D eigenvalue weighted by molar-refractivity contribution is 5.95. The number of ether oxygens (including phenoxy) is 1. The number of rotatable bonds is 4. The summed E-state index contributed by atoms with van der Waals surface area (Å²) in [5.41, 5.74) is 1.29. The van der Waals surface area contributed by atoms with Gasteiger partial charge < -0.3 is 15.0 Å². The van der Waals surface area contributed by atoms with Crippen molar-refractivity contribution in [3.8, 4) is 5.88 Å². The van der Waals surface area contributed by atoms with Gasteiger partial charge in [-0.05, 0) is 30.3 Å². The summed E-state index contributed by atoms with van der Waals surface area (Å²) >= 11 is 0. The Labute approximate surface area is 146 Å². The predicted molar refractivity (Wildman–Crippen MR) is 92.3 cm³/mol. The van der Waals surface area contributed by atoms with Crippen molar-refractivity contribution in [3.63, 3.8) is 0 Å². The average Bonchev–Trinajstić information content (AvgIpc) is 2.63. The molecule has 1 aromatic heterocycles. The number of carbonyl (C=O) groups is 2. The molecule has 1 fully saturated rings. The van der Waals surface area contributed by atoms with E-state index in [1.807, 2.05) is 4.90 Å². The Morgan fingerprint density at radius 2 is 1.88 bits per heavy atom. The summed E-state index contributed by atoms with van der Waals surface area (Å²) in [7, 11) is 0. The number of likely N-dealkylation sites (tertiary alicyclic amines) is 1. The van der Waals surface area contributed by atoms with E-state index in [1.54, 1.807) is 42.6 Å². The number of amides is 2. The highest BCUT2D eigenvalue weighted by Gasteiger charge is 2.25. The van der Waals surface area contributed by atoms with E-state index in [9.17, 15) is 9.59 Å². The number of benzene rings is 1. The van der Waals surface area contributed by atoms with Crippen LogP contribution in [0.5, 0.6) is 5.88 Å². The lowest BCUT2D eigenvalue weighted by Gasteiger charge is -2.31. The van der Waals surface area contributed by atoms with Crippen LogP contribution in [-0.2, 0) is 4.79 Å². The minimum Gasteiger partial charge on any atom is -0.473 e. The van der Waals surface area contributed by atoms with E-state index in [0.29, 0.717) is 30.2 Å². The number of aromatic nitrogens is 2. The molecular formula is C18H20N4O3. The number of hydrogen-bond acceptors (Lipinski definition) is 5. The minimum atomic E-state index is -0.135. The van der Waals surface area contributed by atoms with E-state index in [-0.39, 0.29) is 17.9 Å². The van der Waals surface area contributed by atoms with Gasteiger partial charge in [-0.2, -0.15) is 5.10 Å². The maximum atomic E-state index is 12.6. The summed E-state index contributed by atoms with van der Waals surface area (Å²) in [6, 6.07) is 10.5. The number of hydrogen-bond donors (Lipinski definition) is 1. The average molecular weight is 340 g/mol.